The summed E-state index contributed by atoms with van der Waals surface area (Å²) in [6, 6.07) is 0. The molecule has 4 bridgehead atoms. The van der Waals surface area contributed by atoms with Gasteiger partial charge in [-0.05, 0) is 56.3 Å². The molecule has 0 spiro atoms. The molecule has 6 heteroatoms. The molecular formula is C14H19CuNO4. The van der Waals surface area contributed by atoms with Gasteiger partial charge in [0.2, 0.25) is 0 Å². The first-order valence-corrected chi connectivity index (χ1v) is 7.11. The number of carboxylic acids is 2. The van der Waals surface area contributed by atoms with Gasteiger partial charge in [0.15, 0.2) is 0 Å². The monoisotopic (exact) mass is 328 g/mol. The Balaban J connectivity index is 0.00000147. The number of rotatable bonds is 5. The van der Waals surface area contributed by atoms with E-state index in [0.717, 1.165) is 19.3 Å². The smallest absolute Gasteiger partial charge is 0.549 e. The molecule has 0 aromatic carbocycles. The van der Waals surface area contributed by atoms with Crippen molar-refractivity contribution in [2.45, 2.75) is 44.1 Å². The molecule has 20 heavy (non-hydrogen) atoms. The maximum atomic E-state index is 10.9. The van der Waals surface area contributed by atoms with Gasteiger partial charge in [-0.25, -0.2) is 0 Å². The molecule has 0 saturated heterocycles. The van der Waals surface area contributed by atoms with Crippen LogP contribution in [-0.4, -0.2) is 35.5 Å². The molecule has 0 unspecified atom stereocenters. The Morgan fingerprint density at radius 2 is 1.25 bits per heavy atom. The third kappa shape index (κ3) is 2.87. The Morgan fingerprint density at radius 3 is 1.55 bits per heavy atom. The zero-order valence-corrected chi connectivity index (χ0v) is 12.2. The topological polar surface area (TPSA) is 83.5 Å². The van der Waals surface area contributed by atoms with Gasteiger partial charge in [-0.1, -0.05) is 0 Å². The Bertz CT molecular complexity index is 361. The molecule has 4 aliphatic rings. The number of nitrogens with zero attached hydrogens (tertiary/aromatic N) is 1. The Kier molecular flexibility index (Phi) is 4.47. The summed E-state index contributed by atoms with van der Waals surface area (Å²) in [5.74, 6) is -0.444. The van der Waals surface area contributed by atoms with E-state index in [4.69, 9.17) is 0 Å². The van der Waals surface area contributed by atoms with Crippen molar-refractivity contribution in [1.82, 2.24) is 4.90 Å². The summed E-state index contributed by atoms with van der Waals surface area (Å²) in [4.78, 5) is 23.4. The second-order valence-corrected chi connectivity index (χ2v) is 6.74. The molecular weight excluding hydrogens is 310 g/mol. The van der Waals surface area contributed by atoms with Crippen LogP contribution in [0.4, 0.5) is 0 Å². The average molecular weight is 329 g/mol. The molecule has 5 nitrogen and oxygen atoms in total. The van der Waals surface area contributed by atoms with Crippen LogP contribution in [-0.2, 0) is 26.7 Å². The number of hydrogen-bond acceptors (Lipinski definition) is 5. The molecule has 0 amide bonds. The summed E-state index contributed by atoms with van der Waals surface area (Å²) < 4.78 is 0. The number of carboxylic acid groups (broad SMARTS) is 2. The normalized spacial score (nSPS) is 37.8. The summed E-state index contributed by atoms with van der Waals surface area (Å²) in [7, 11) is 0. The van der Waals surface area contributed by atoms with Gasteiger partial charge in [0, 0.05) is 18.6 Å². The van der Waals surface area contributed by atoms with Gasteiger partial charge in [0.05, 0.1) is 11.9 Å². The summed E-state index contributed by atoms with van der Waals surface area (Å²) in [6.07, 6.45) is 6.55. The molecule has 0 heterocycles. The van der Waals surface area contributed by atoms with Gasteiger partial charge < -0.3 is 19.8 Å². The van der Waals surface area contributed by atoms with Gasteiger partial charge in [-0.3, -0.25) is 4.90 Å². The second kappa shape index (κ2) is 5.66. The average Bonchev–Trinajstić information content (AvgIpc) is 2.24. The Hall–Kier alpha value is -0.581. The molecule has 0 aliphatic heterocycles. The zero-order valence-electron chi connectivity index (χ0n) is 11.3. The molecule has 0 aromatic heterocycles. The van der Waals surface area contributed by atoms with Crippen molar-refractivity contribution in [2.75, 3.05) is 13.1 Å². The number of hydrogen-bond donors (Lipinski definition) is 0. The first-order valence-electron chi connectivity index (χ1n) is 7.11. The molecule has 4 saturated carbocycles. The van der Waals surface area contributed by atoms with E-state index in [-0.39, 0.29) is 35.7 Å². The summed E-state index contributed by atoms with van der Waals surface area (Å²) in [5.41, 5.74) is -0.227. The molecule has 1 radical (unpaired) electrons. The zero-order chi connectivity index (χ0) is 13.6. The van der Waals surface area contributed by atoms with Gasteiger partial charge in [-0.15, -0.1) is 0 Å². The SMILES string of the molecule is O=C([O-])CN(CC(=O)[O-])C12CC3CC(CC(C3)C1)C2.[Cu+2]. The van der Waals surface area contributed by atoms with Crippen LogP contribution in [0.2, 0.25) is 0 Å². The van der Waals surface area contributed by atoms with Crippen LogP contribution < -0.4 is 10.2 Å². The summed E-state index contributed by atoms with van der Waals surface area (Å²) in [6.45, 7) is -0.583. The van der Waals surface area contributed by atoms with Crippen molar-refractivity contribution < 1.29 is 36.9 Å². The van der Waals surface area contributed by atoms with Gasteiger partial charge >= 0.3 is 17.1 Å². The minimum atomic E-state index is -1.20. The third-order valence-electron chi connectivity index (χ3n) is 5.32. The van der Waals surface area contributed by atoms with Crippen molar-refractivity contribution in [3.05, 3.63) is 0 Å². The third-order valence-corrected chi connectivity index (χ3v) is 5.32. The van der Waals surface area contributed by atoms with E-state index in [1.807, 2.05) is 0 Å². The van der Waals surface area contributed by atoms with Crippen LogP contribution in [0.25, 0.3) is 0 Å². The largest absolute Gasteiger partial charge is 2.00 e. The van der Waals surface area contributed by atoms with Gasteiger partial charge in [0.1, 0.15) is 0 Å². The fourth-order valence-electron chi connectivity index (χ4n) is 5.16. The second-order valence-electron chi connectivity index (χ2n) is 6.74. The number of carbonyl (C=O) groups excluding carboxylic acids is 2. The summed E-state index contributed by atoms with van der Waals surface area (Å²) >= 11 is 0. The van der Waals surface area contributed by atoms with E-state index < -0.39 is 11.9 Å². The molecule has 4 rings (SSSR count). The first-order chi connectivity index (χ1) is 8.97. The van der Waals surface area contributed by atoms with Crippen LogP contribution in [0.3, 0.4) is 0 Å². The molecule has 0 atom stereocenters. The Labute approximate surface area is 129 Å². The minimum Gasteiger partial charge on any atom is -0.549 e. The quantitative estimate of drug-likeness (QED) is 0.589. The van der Waals surface area contributed by atoms with E-state index >= 15 is 0 Å². The van der Waals surface area contributed by atoms with E-state index in [1.54, 1.807) is 4.90 Å². The fourth-order valence-corrected chi connectivity index (χ4v) is 5.16. The van der Waals surface area contributed by atoms with Gasteiger partial charge in [0.25, 0.3) is 0 Å². The fraction of sp³-hybridized carbons (Fsp3) is 0.857. The van der Waals surface area contributed by atoms with E-state index in [1.165, 1.54) is 19.3 Å². The van der Waals surface area contributed by atoms with Gasteiger partial charge in [-0.2, -0.15) is 0 Å². The van der Waals surface area contributed by atoms with Crippen LogP contribution in [0.5, 0.6) is 0 Å². The van der Waals surface area contributed by atoms with Crippen LogP contribution in [0.15, 0.2) is 0 Å². The standard InChI is InChI=1S/C14H21NO4.Cu/c16-12(17)7-15(8-13(18)19)14-4-9-1-10(5-14)3-11(2-9)6-14;/h9-11H,1-8H2,(H,16,17)(H,18,19);/q;+2/p-2. The Morgan fingerprint density at radius 1 is 0.900 bits per heavy atom. The van der Waals surface area contributed by atoms with E-state index in [2.05, 4.69) is 0 Å². The van der Waals surface area contributed by atoms with E-state index in [9.17, 15) is 19.8 Å². The maximum Gasteiger partial charge on any atom is 2.00 e. The molecule has 115 valence electrons. The number of aliphatic carboxylic acids is 2. The molecule has 4 fully saturated rings. The van der Waals surface area contributed by atoms with Crippen LogP contribution >= 0.6 is 0 Å². The molecule has 0 aromatic rings. The minimum absolute atomic E-state index is 0. The van der Waals surface area contributed by atoms with Crippen LogP contribution in [0.1, 0.15) is 38.5 Å². The first kappa shape index (κ1) is 15.8. The molecule has 4 aliphatic carbocycles. The van der Waals surface area contributed by atoms with Crippen molar-refractivity contribution in [2.24, 2.45) is 17.8 Å². The van der Waals surface area contributed by atoms with Crippen molar-refractivity contribution in [3.8, 4) is 0 Å². The maximum absolute atomic E-state index is 10.9. The van der Waals surface area contributed by atoms with Crippen molar-refractivity contribution in [1.29, 1.82) is 0 Å². The number of carbonyl (C=O) groups is 2. The summed E-state index contributed by atoms with van der Waals surface area (Å²) in [5, 5.41) is 21.8. The predicted molar refractivity (Wildman–Crippen MR) is 62.5 cm³/mol. The van der Waals surface area contributed by atoms with Crippen LogP contribution in [0, 0.1) is 17.8 Å². The van der Waals surface area contributed by atoms with E-state index in [0.29, 0.717) is 17.8 Å². The van der Waals surface area contributed by atoms with Crippen molar-refractivity contribution in [3.63, 3.8) is 0 Å². The molecule has 0 N–H and O–H groups in total. The predicted octanol–water partition coefficient (Wildman–Crippen LogP) is -1.25. The van der Waals surface area contributed by atoms with Crippen molar-refractivity contribution >= 4 is 11.9 Å².